The molecular weight excluding hydrogens is 354 g/mol. The second kappa shape index (κ2) is 5.44. The van der Waals surface area contributed by atoms with E-state index in [4.69, 9.17) is 5.73 Å². The van der Waals surface area contributed by atoms with E-state index in [9.17, 15) is 5.26 Å². The number of aromatic nitrogens is 1. The fourth-order valence-corrected chi connectivity index (χ4v) is 4.53. The lowest BCUT2D eigenvalue weighted by atomic mass is 10.2. The second-order valence-corrected chi connectivity index (χ2v) is 7.21. The number of benzene rings is 2. The summed E-state index contributed by atoms with van der Waals surface area (Å²) >= 11 is 6.47. The summed E-state index contributed by atoms with van der Waals surface area (Å²) in [4.78, 5) is 5.45. The molecule has 0 amide bonds. The Labute approximate surface area is 132 Å². The Bertz CT molecular complexity index is 836. The number of hydrogen-bond donors (Lipinski definition) is 1. The fraction of sp³-hybridized carbons (Fsp3) is 0. The number of halogens is 1. The van der Waals surface area contributed by atoms with Gasteiger partial charge in [0.05, 0.1) is 15.8 Å². The van der Waals surface area contributed by atoms with Crippen LogP contribution in [0.25, 0.3) is 10.2 Å². The van der Waals surface area contributed by atoms with Crippen LogP contribution < -0.4 is 5.73 Å². The van der Waals surface area contributed by atoms with Gasteiger partial charge >= 0.3 is 0 Å². The van der Waals surface area contributed by atoms with Gasteiger partial charge in [0.15, 0.2) is 4.34 Å². The summed E-state index contributed by atoms with van der Waals surface area (Å²) in [5.74, 6) is 0. The number of hydrogen-bond acceptors (Lipinski definition) is 5. The molecule has 0 bridgehead atoms. The van der Waals surface area contributed by atoms with Crippen molar-refractivity contribution < 1.29 is 0 Å². The number of nitrogens with two attached hydrogens (primary N) is 1. The van der Waals surface area contributed by atoms with E-state index in [1.54, 1.807) is 11.3 Å². The number of fused-ring (bicyclic) bond motifs is 1. The van der Waals surface area contributed by atoms with E-state index in [1.807, 2.05) is 36.4 Å². The molecule has 0 saturated heterocycles. The highest BCUT2D eigenvalue weighted by Gasteiger charge is 2.11. The maximum Gasteiger partial charge on any atom is 0.155 e. The van der Waals surface area contributed by atoms with Gasteiger partial charge < -0.3 is 5.73 Å². The van der Waals surface area contributed by atoms with Crippen LogP contribution in [0.3, 0.4) is 0 Å². The predicted octanol–water partition coefficient (Wildman–Crippen LogP) is 4.66. The number of nitriles is 1. The number of thiazole rings is 1. The molecule has 0 radical (unpaired) electrons. The predicted molar refractivity (Wildman–Crippen MR) is 87.0 cm³/mol. The molecule has 2 N–H and O–H groups in total. The van der Waals surface area contributed by atoms with E-state index < -0.39 is 0 Å². The van der Waals surface area contributed by atoms with Crippen molar-refractivity contribution in [1.29, 1.82) is 5.26 Å². The molecule has 20 heavy (non-hydrogen) atoms. The minimum atomic E-state index is 0.635. The minimum absolute atomic E-state index is 0.635. The second-order valence-electron chi connectivity index (χ2n) is 4.03. The Morgan fingerprint density at radius 3 is 2.95 bits per heavy atom. The highest BCUT2D eigenvalue weighted by atomic mass is 79.9. The summed E-state index contributed by atoms with van der Waals surface area (Å²) in [6, 6.07) is 13.6. The number of nitrogen functional groups attached to an aromatic ring is 1. The van der Waals surface area contributed by atoms with Crippen LogP contribution in [0.2, 0.25) is 0 Å². The summed E-state index contributed by atoms with van der Waals surface area (Å²) in [5.41, 5.74) is 8.07. The lowest BCUT2D eigenvalue weighted by molar-refractivity contribution is 1.28. The quantitative estimate of drug-likeness (QED) is 0.674. The molecule has 3 aromatic rings. The van der Waals surface area contributed by atoms with E-state index >= 15 is 0 Å². The molecule has 2 aromatic carbocycles. The van der Waals surface area contributed by atoms with Crippen LogP contribution in [0.1, 0.15) is 5.56 Å². The van der Waals surface area contributed by atoms with Gasteiger partial charge in [-0.3, -0.25) is 0 Å². The standard InChI is InChI=1S/C14H8BrN3S2/c15-10-2-1-3-12(9(10)7-16)19-14-18-11-5-4-8(17)6-13(11)20-14/h1-6H,17H2. The van der Waals surface area contributed by atoms with Crippen molar-refractivity contribution >= 4 is 54.9 Å². The van der Waals surface area contributed by atoms with Crippen LogP contribution in [0.15, 0.2) is 50.1 Å². The summed E-state index contributed by atoms with van der Waals surface area (Å²) in [6.07, 6.45) is 0. The van der Waals surface area contributed by atoms with Crippen molar-refractivity contribution in [3.63, 3.8) is 0 Å². The Morgan fingerprint density at radius 2 is 2.15 bits per heavy atom. The molecule has 0 aliphatic carbocycles. The van der Waals surface area contributed by atoms with Crippen molar-refractivity contribution in [1.82, 2.24) is 4.98 Å². The molecule has 0 spiro atoms. The van der Waals surface area contributed by atoms with Crippen LogP contribution >= 0.6 is 39.0 Å². The molecular formula is C14H8BrN3S2. The topological polar surface area (TPSA) is 62.7 Å². The van der Waals surface area contributed by atoms with Gasteiger partial charge in [-0.05, 0) is 46.3 Å². The first-order chi connectivity index (χ1) is 9.67. The van der Waals surface area contributed by atoms with Crippen LogP contribution in [0.4, 0.5) is 5.69 Å². The molecule has 0 aliphatic rings. The molecule has 0 saturated carbocycles. The summed E-state index contributed by atoms with van der Waals surface area (Å²) in [5, 5.41) is 9.23. The lowest BCUT2D eigenvalue weighted by Gasteiger charge is -2.02. The van der Waals surface area contributed by atoms with Crippen LogP contribution in [0, 0.1) is 11.3 Å². The number of nitrogens with zero attached hydrogens (tertiary/aromatic N) is 2. The first-order valence-corrected chi connectivity index (χ1v) is 8.12. The Kier molecular flexibility index (Phi) is 3.66. The lowest BCUT2D eigenvalue weighted by Crippen LogP contribution is -1.82. The molecule has 3 rings (SSSR count). The summed E-state index contributed by atoms with van der Waals surface area (Å²) in [7, 11) is 0. The third kappa shape index (κ3) is 2.52. The van der Waals surface area contributed by atoms with Crippen molar-refractivity contribution in [3.8, 4) is 6.07 Å². The van der Waals surface area contributed by atoms with Crippen molar-refractivity contribution in [2.75, 3.05) is 5.73 Å². The molecule has 0 aliphatic heterocycles. The van der Waals surface area contributed by atoms with Crippen molar-refractivity contribution in [2.24, 2.45) is 0 Å². The van der Waals surface area contributed by atoms with Crippen LogP contribution in [0.5, 0.6) is 0 Å². The van der Waals surface area contributed by atoms with Gasteiger partial charge in [0, 0.05) is 15.1 Å². The zero-order valence-electron chi connectivity index (χ0n) is 10.1. The SMILES string of the molecule is N#Cc1c(Br)cccc1Sc1nc2ccc(N)cc2s1. The van der Waals surface area contributed by atoms with E-state index in [2.05, 4.69) is 27.0 Å². The fourth-order valence-electron chi connectivity index (χ4n) is 1.76. The zero-order chi connectivity index (χ0) is 14.1. The van der Waals surface area contributed by atoms with Gasteiger partial charge in [-0.15, -0.1) is 11.3 Å². The smallest absolute Gasteiger partial charge is 0.155 e. The first kappa shape index (κ1) is 13.4. The first-order valence-electron chi connectivity index (χ1n) is 5.70. The van der Waals surface area contributed by atoms with Gasteiger partial charge in [-0.25, -0.2) is 4.98 Å². The van der Waals surface area contributed by atoms with Crippen LogP contribution in [-0.4, -0.2) is 4.98 Å². The number of rotatable bonds is 2. The molecule has 6 heteroatoms. The molecule has 0 unspecified atom stereocenters. The third-order valence-corrected chi connectivity index (χ3v) is 5.48. The van der Waals surface area contributed by atoms with Gasteiger partial charge in [0.25, 0.3) is 0 Å². The molecule has 1 heterocycles. The van der Waals surface area contributed by atoms with Crippen molar-refractivity contribution in [2.45, 2.75) is 9.24 Å². The van der Waals surface area contributed by atoms with E-state index in [1.165, 1.54) is 11.8 Å². The van der Waals surface area contributed by atoms with Crippen LogP contribution in [-0.2, 0) is 0 Å². The Balaban J connectivity index is 2.02. The third-order valence-electron chi connectivity index (χ3n) is 2.68. The number of anilines is 1. The average Bonchev–Trinajstić information content (AvgIpc) is 2.80. The van der Waals surface area contributed by atoms with E-state index in [0.717, 1.165) is 29.6 Å². The summed E-state index contributed by atoms with van der Waals surface area (Å²) < 4.78 is 2.76. The average molecular weight is 362 g/mol. The zero-order valence-corrected chi connectivity index (χ0v) is 13.3. The molecule has 0 fully saturated rings. The Hall–Kier alpha value is -1.55. The molecule has 98 valence electrons. The van der Waals surface area contributed by atoms with Crippen molar-refractivity contribution in [3.05, 3.63) is 46.4 Å². The maximum absolute atomic E-state index is 9.23. The van der Waals surface area contributed by atoms with E-state index in [-0.39, 0.29) is 0 Å². The normalized spacial score (nSPS) is 10.6. The van der Waals surface area contributed by atoms with E-state index in [0.29, 0.717) is 5.56 Å². The molecule has 1 aromatic heterocycles. The van der Waals surface area contributed by atoms with Gasteiger partial charge in [-0.2, -0.15) is 5.26 Å². The molecule has 0 atom stereocenters. The van der Waals surface area contributed by atoms with Gasteiger partial charge in [0.1, 0.15) is 6.07 Å². The molecule has 3 nitrogen and oxygen atoms in total. The minimum Gasteiger partial charge on any atom is -0.399 e. The highest BCUT2D eigenvalue weighted by Crippen LogP contribution is 2.37. The highest BCUT2D eigenvalue weighted by molar-refractivity contribution is 9.10. The van der Waals surface area contributed by atoms with Gasteiger partial charge in [-0.1, -0.05) is 17.8 Å². The monoisotopic (exact) mass is 361 g/mol. The van der Waals surface area contributed by atoms with Gasteiger partial charge in [0.2, 0.25) is 0 Å². The Morgan fingerprint density at radius 1 is 1.30 bits per heavy atom. The maximum atomic E-state index is 9.23. The largest absolute Gasteiger partial charge is 0.399 e. The summed E-state index contributed by atoms with van der Waals surface area (Å²) in [6.45, 7) is 0.